The zero-order valence-electron chi connectivity index (χ0n) is 15.1. The predicted octanol–water partition coefficient (Wildman–Crippen LogP) is 3.23. The van der Waals surface area contributed by atoms with Gasteiger partial charge in [-0.15, -0.1) is 11.3 Å². The first-order valence-corrected chi connectivity index (χ1v) is 9.72. The van der Waals surface area contributed by atoms with Gasteiger partial charge in [-0.3, -0.25) is 9.59 Å². The van der Waals surface area contributed by atoms with E-state index >= 15 is 0 Å². The van der Waals surface area contributed by atoms with Gasteiger partial charge in [0.05, 0.1) is 9.75 Å². The fraction of sp³-hybridized carbons (Fsp3) is 0.588. The zero-order valence-corrected chi connectivity index (χ0v) is 15.9. The number of carboxylic acids is 1. The minimum absolute atomic E-state index is 0.120. The number of Topliss-reactive ketones (excluding diaryl/α,β-unsaturated/α-hetero) is 1. The number of halogens is 6. The van der Waals surface area contributed by atoms with E-state index in [1.807, 2.05) is 4.90 Å². The summed E-state index contributed by atoms with van der Waals surface area (Å²) in [5.74, 6) is -4.88. The fourth-order valence-electron chi connectivity index (χ4n) is 4.21. The third-order valence-corrected chi connectivity index (χ3v) is 6.47. The highest BCUT2D eigenvalue weighted by atomic mass is 32.1. The second kappa shape index (κ2) is 7.84. The molecule has 1 aromatic heterocycles. The van der Waals surface area contributed by atoms with Crippen molar-refractivity contribution < 1.29 is 45.8 Å². The molecule has 1 amide bonds. The van der Waals surface area contributed by atoms with Gasteiger partial charge in [0, 0.05) is 24.2 Å². The molecule has 4 atom stereocenters. The largest absolute Gasteiger partial charge is 0.490 e. The van der Waals surface area contributed by atoms with Gasteiger partial charge < -0.3 is 15.3 Å². The van der Waals surface area contributed by atoms with Gasteiger partial charge in [0.2, 0.25) is 0 Å². The van der Waals surface area contributed by atoms with Crippen molar-refractivity contribution in [3.05, 3.63) is 21.9 Å². The van der Waals surface area contributed by atoms with Crippen molar-refractivity contribution in [2.75, 3.05) is 0 Å². The Bertz CT molecular complexity index is 834. The number of hydrogen-bond donors (Lipinski definition) is 2. The van der Waals surface area contributed by atoms with Gasteiger partial charge in [0.1, 0.15) is 0 Å². The van der Waals surface area contributed by atoms with Crippen LogP contribution in [0.25, 0.3) is 0 Å². The molecule has 166 valence electrons. The first-order chi connectivity index (χ1) is 13.8. The van der Waals surface area contributed by atoms with Crippen LogP contribution in [0.15, 0.2) is 12.1 Å². The van der Waals surface area contributed by atoms with E-state index in [-0.39, 0.29) is 22.9 Å². The summed E-state index contributed by atoms with van der Waals surface area (Å²) in [4.78, 5) is 34.6. The molecular weight excluding hydrogens is 442 g/mol. The maximum absolute atomic E-state index is 12.8. The molecule has 4 unspecified atom stereocenters. The molecule has 0 aliphatic carbocycles. The summed E-state index contributed by atoms with van der Waals surface area (Å²) in [5.41, 5.74) is 0. The van der Waals surface area contributed by atoms with Crippen LogP contribution < -0.4 is 5.32 Å². The Morgan fingerprint density at radius 2 is 1.37 bits per heavy atom. The predicted molar refractivity (Wildman–Crippen MR) is 91.3 cm³/mol. The van der Waals surface area contributed by atoms with E-state index in [9.17, 15) is 35.9 Å². The van der Waals surface area contributed by atoms with E-state index in [0.717, 1.165) is 31.7 Å². The highest BCUT2D eigenvalue weighted by molar-refractivity contribution is 7.16. The number of thiophene rings is 1. The highest BCUT2D eigenvalue weighted by Gasteiger charge is 2.52. The number of nitrogens with zero attached hydrogens (tertiary/aromatic N) is 1. The summed E-state index contributed by atoms with van der Waals surface area (Å²) >= 11 is 0.643. The first-order valence-electron chi connectivity index (χ1n) is 8.91. The van der Waals surface area contributed by atoms with E-state index in [2.05, 4.69) is 5.32 Å². The third-order valence-electron chi connectivity index (χ3n) is 5.39. The number of ketones is 1. The topological polar surface area (TPSA) is 86.7 Å². The Morgan fingerprint density at radius 3 is 1.80 bits per heavy atom. The third kappa shape index (κ3) is 4.31. The first kappa shape index (κ1) is 22.5. The molecule has 3 aliphatic heterocycles. The SMILES string of the molecule is O=C(O)C(F)(F)F.O=C(c1ccc(C(=O)C(F)(F)F)s1)N1C2CCC1C1CCC2N1. The van der Waals surface area contributed by atoms with Gasteiger partial charge in [-0.1, -0.05) is 0 Å². The van der Waals surface area contributed by atoms with Crippen LogP contribution in [0.1, 0.15) is 45.0 Å². The quantitative estimate of drug-likeness (QED) is 0.525. The summed E-state index contributed by atoms with van der Waals surface area (Å²) in [6.45, 7) is 0. The molecule has 0 saturated carbocycles. The molecule has 0 spiro atoms. The minimum Gasteiger partial charge on any atom is -0.475 e. The zero-order chi connectivity index (χ0) is 22.4. The Kier molecular flexibility index (Phi) is 5.89. The molecule has 4 rings (SSSR count). The van der Waals surface area contributed by atoms with Crippen LogP contribution in [0.3, 0.4) is 0 Å². The van der Waals surface area contributed by atoms with Crippen molar-refractivity contribution >= 4 is 29.0 Å². The molecule has 4 bridgehead atoms. The molecule has 6 nitrogen and oxygen atoms in total. The normalized spacial score (nSPS) is 27.5. The lowest BCUT2D eigenvalue weighted by atomic mass is 10.0. The number of carboxylic acid groups (broad SMARTS) is 1. The molecule has 0 aromatic carbocycles. The van der Waals surface area contributed by atoms with Crippen molar-refractivity contribution in [1.82, 2.24) is 10.2 Å². The van der Waals surface area contributed by atoms with Crippen LogP contribution in [0, 0.1) is 0 Å². The lowest BCUT2D eigenvalue weighted by molar-refractivity contribution is -0.192. The molecule has 3 saturated heterocycles. The van der Waals surface area contributed by atoms with Crippen molar-refractivity contribution in [3.63, 3.8) is 0 Å². The standard InChI is InChI=1S/C15H15F3N2O2S.C2HF3O2/c16-15(17,18)13(21)11-5-6-12(23-11)14(22)20-9-3-4-10(20)8-2-1-7(9)19-8;3-2(4,5)1(6)7/h5-10,19H,1-4H2;(H,6,7). The van der Waals surface area contributed by atoms with Crippen LogP contribution in [-0.4, -0.2) is 64.2 Å². The maximum Gasteiger partial charge on any atom is 0.490 e. The van der Waals surface area contributed by atoms with Gasteiger partial charge in [-0.05, 0) is 37.8 Å². The highest BCUT2D eigenvalue weighted by Crippen LogP contribution is 2.41. The summed E-state index contributed by atoms with van der Waals surface area (Å²) in [6.07, 6.45) is -6.04. The maximum atomic E-state index is 12.8. The number of amides is 1. The van der Waals surface area contributed by atoms with Crippen molar-refractivity contribution in [1.29, 1.82) is 0 Å². The molecule has 0 radical (unpaired) electrons. The van der Waals surface area contributed by atoms with Gasteiger partial charge in [-0.25, -0.2) is 4.79 Å². The number of nitrogens with one attached hydrogen (secondary N) is 1. The van der Waals surface area contributed by atoms with E-state index in [4.69, 9.17) is 9.90 Å². The molecular formula is C17H16F6N2O4S. The lowest BCUT2D eigenvalue weighted by Gasteiger charge is -2.40. The number of fused-ring (bicyclic) bond motifs is 6. The van der Waals surface area contributed by atoms with E-state index in [0.29, 0.717) is 23.4 Å². The van der Waals surface area contributed by atoms with Crippen LogP contribution in [0.4, 0.5) is 26.3 Å². The number of alkyl halides is 6. The molecule has 2 N–H and O–H groups in total. The lowest BCUT2D eigenvalue weighted by Crippen LogP contribution is -2.60. The van der Waals surface area contributed by atoms with Gasteiger partial charge >= 0.3 is 18.3 Å². The summed E-state index contributed by atoms with van der Waals surface area (Å²) in [7, 11) is 0. The van der Waals surface area contributed by atoms with Gasteiger partial charge in [0.15, 0.2) is 0 Å². The van der Waals surface area contributed by atoms with Crippen LogP contribution in [-0.2, 0) is 4.79 Å². The average Bonchev–Trinajstić information content (AvgIpc) is 3.33. The molecule has 30 heavy (non-hydrogen) atoms. The average molecular weight is 458 g/mol. The Labute approximate surface area is 169 Å². The van der Waals surface area contributed by atoms with Gasteiger partial charge in [0.25, 0.3) is 11.7 Å². The summed E-state index contributed by atoms with van der Waals surface area (Å²) in [5, 5.41) is 10.7. The Hall–Kier alpha value is -2.15. The second-order valence-corrected chi connectivity index (χ2v) is 8.26. The van der Waals surface area contributed by atoms with Crippen molar-refractivity contribution in [3.8, 4) is 0 Å². The molecule has 1 aromatic rings. The number of piperazine rings is 1. The Balaban J connectivity index is 0.000000318. The summed E-state index contributed by atoms with van der Waals surface area (Å²) in [6, 6.07) is 3.27. The van der Waals surface area contributed by atoms with Crippen LogP contribution in [0.5, 0.6) is 0 Å². The number of carbonyl (C=O) groups is 3. The van der Waals surface area contributed by atoms with Crippen LogP contribution in [0.2, 0.25) is 0 Å². The van der Waals surface area contributed by atoms with Gasteiger partial charge in [-0.2, -0.15) is 26.3 Å². The van der Waals surface area contributed by atoms with E-state index in [1.54, 1.807) is 0 Å². The Morgan fingerprint density at radius 1 is 0.900 bits per heavy atom. The second-order valence-electron chi connectivity index (χ2n) is 7.18. The molecule has 3 fully saturated rings. The van der Waals surface area contributed by atoms with E-state index in [1.165, 1.54) is 6.07 Å². The van der Waals surface area contributed by atoms with Crippen molar-refractivity contribution in [2.24, 2.45) is 0 Å². The number of rotatable bonds is 2. The smallest absolute Gasteiger partial charge is 0.475 e. The molecule has 4 heterocycles. The monoisotopic (exact) mass is 458 g/mol. The van der Waals surface area contributed by atoms with Crippen LogP contribution >= 0.6 is 11.3 Å². The fourth-order valence-corrected chi connectivity index (χ4v) is 5.12. The number of hydrogen-bond acceptors (Lipinski definition) is 5. The molecule has 13 heteroatoms. The van der Waals surface area contributed by atoms with E-state index < -0.39 is 29.0 Å². The minimum atomic E-state index is -5.08. The number of aliphatic carboxylic acids is 1. The van der Waals surface area contributed by atoms with Crippen molar-refractivity contribution in [2.45, 2.75) is 62.2 Å². The summed E-state index contributed by atoms with van der Waals surface area (Å²) < 4.78 is 69.2. The molecule has 3 aliphatic rings. The number of carbonyl (C=O) groups excluding carboxylic acids is 2.